The first-order valence-corrected chi connectivity index (χ1v) is 10.0. The highest BCUT2D eigenvalue weighted by atomic mass is 127. The molecule has 4 nitrogen and oxygen atoms in total. The molecule has 3 N–H and O–H groups in total. The monoisotopic (exact) mass is 475 g/mol. The smallest absolute Gasteiger partial charge is 0.191 e. The van der Waals surface area contributed by atoms with Crippen molar-refractivity contribution in [3.05, 3.63) is 35.4 Å². The van der Waals surface area contributed by atoms with Crippen LogP contribution in [-0.4, -0.2) is 41.2 Å². The molecule has 0 bridgehead atoms. The number of hydrogen-bond acceptors (Lipinski definition) is 3. The van der Waals surface area contributed by atoms with Gasteiger partial charge in [0, 0.05) is 11.3 Å². The number of thioether (sulfide) groups is 1. The van der Waals surface area contributed by atoms with Crippen molar-refractivity contribution in [3.8, 4) is 0 Å². The second kappa shape index (κ2) is 8.95. The Bertz CT molecular complexity index is 604. The Balaban J connectivity index is 0.00000225. The summed E-state index contributed by atoms with van der Waals surface area (Å²) in [5.74, 6) is 2.05. The van der Waals surface area contributed by atoms with Crippen molar-refractivity contribution in [2.45, 2.75) is 49.9 Å². The van der Waals surface area contributed by atoms with Crippen LogP contribution in [0.1, 0.15) is 44.2 Å². The second-order valence-electron chi connectivity index (χ2n) is 7.14. The summed E-state index contributed by atoms with van der Waals surface area (Å²) in [6, 6.07) is 8.21. The normalized spacial score (nSPS) is 28.4. The van der Waals surface area contributed by atoms with Gasteiger partial charge in [-0.2, -0.15) is 11.8 Å². The van der Waals surface area contributed by atoms with Gasteiger partial charge in [0.2, 0.25) is 0 Å². The summed E-state index contributed by atoms with van der Waals surface area (Å²) in [6.07, 6.45) is 4.23. The van der Waals surface area contributed by atoms with Crippen molar-refractivity contribution < 1.29 is 5.11 Å². The van der Waals surface area contributed by atoms with E-state index in [-0.39, 0.29) is 28.7 Å². The van der Waals surface area contributed by atoms with Crippen molar-refractivity contribution in [2.75, 3.05) is 25.4 Å². The Hall–Kier alpha value is -0.470. The molecule has 0 amide bonds. The number of nitrogens with zero attached hydrogens (tertiary/aromatic N) is 1. The quantitative estimate of drug-likeness (QED) is 0.348. The number of aryl methyl sites for hydroxylation is 1. The lowest BCUT2D eigenvalue weighted by Crippen LogP contribution is -2.45. The molecule has 25 heavy (non-hydrogen) atoms. The average Bonchev–Trinajstić information content (AvgIpc) is 3.16. The number of rotatable bonds is 5. The molecule has 1 aromatic carbocycles. The third kappa shape index (κ3) is 5.04. The molecule has 0 spiro atoms. The maximum absolute atomic E-state index is 11.0. The van der Waals surface area contributed by atoms with E-state index in [4.69, 9.17) is 4.99 Å². The van der Waals surface area contributed by atoms with Crippen LogP contribution in [0.15, 0.2) is 29.3 Å². The van der Waals surface area contributed by atoms with E-state index in [0.717, 1.165) is 37.5 Å². The van der Waals surface area contributed by atoms with Crippen LogP contribution in [0.3, 0.4) is 0 Å². The zero-order chi connectivity index (χ0) is 17.0. The fourth-order valence-electron chi connectivity index (χ4n) is 3.63. The molecule has 2 aliphatic rings. The van der Waals surface area contributed by atoms with Gasteiger partial charge in [0.1, 0.15) is 5.60 Å². The molecule has 1 saturated heterocycles. The Morgan fingerprint density at radius 2 is 2.08 bits per heavy atom. The van der Waals surface area contributed by atoms with Crippen LogP contribution in [0.25, 0.3) is 0 Å². The number of aliphatic hydroxyl groups is 1. The van der Waals surface area contributed by atoms with Crippen molar-refractivity contribution >= 4 is 41.7 Å². The van der Waals surface area contributed by atoms with E-state index in [2.05, 4.69) is 30.5 Å². The van der Waals surface area contributed by atoms with Gasteiger partial charge in [0.25, 0.3) is 0 Å². The molecule has 1 fully saturated rings. The summed E-state index contributed by atoms with van der Waals surface area (Å²) in [5, 5.41) is 17.7. The fourth-order valence-corrected chi connectivity index (χ4v) is 4.86. The van der Waals surface area contributed by atoms with Gasteiger partial charge in [-0.25, -0.2) is 0 Å². The van der Waals surface area contributed by atoms with Crippen LogP contribution < -0.4 is 10.6 Å². The number of hydrogen-bond donors (Lipinski definition) is 3. The molecule has 1 heterocycles. The molecule has 2 unspecified atom stereocenters. The Morgan fingerprint density at radius 1 is 1.28 bits per heavy atom. The highest BCUT2D eigenvalue weighted by molar-refractivity contribution is 14.0. The van der Waals surface area contributed by atoms with Crippen molar-refractivity contribution in [3.63, 3.8) is 0 Å². The van der Waals surface area contributed by atoms with Crippen molar-refractivity contribution in [2.24, 2.45) is 4.99 Å². The molecule has 1 aromatic rings. The van der Waals surface area contributed by atoms with Gasteiger partial charge in [-0.1, -0.05) is 24.3 Å². The number of benzene rings is 1. The molecule has 0 saturated carbocycles. The van der Waals surface area contributed by atoms with Crippen LogP contribution in [0.4, 0.5) is 0 Å². The lowest BCUT2D eigenvalue weighted by molar-refractivity contribution is 0.0432. The van der Waals surface area contributed by atoms with Crippen LogP contribution >= 0.6 is 35.7 Å². The summed E-state index contributed by atoms with van der Waals surface area (Å²) in [6.45, 7) is 6.52. The average molecular weight is 475 g/mol. The first-order valence-electron chi connectivity index (χ1n) is 9.02. The maximum atomic E-state index is 11.0. The van der Waals surface area contributed by atoms with Gasteiger partial charge < -0.3 is 15.7 Å². The summed E-state index contributed by atoms with van der Waals surface area (Å²) in [5.41, 5.74) is 1.53. The van der Waals surface area contributed by atoms with Crippen LogP contribution in [0.2, 0.25) is 0 Å². The van der Waals surface area contributed by atoms with E-state index in [0.29, 0.717) is 6.54 Å². The molecule has 6 heteroatoms. The number of nitrogens with one attached hydrogen (secondary N) is 2. The number of fused-ring (bicyclic) bond motifs is 1. The topological polar surface area (TPSA) is 56.7 Å². The molecule has 1 aliphatic heterocycles. The SMILES string of the molecule is CCNC(=NCC1(C)CCCS1)NCC1(O)CCc2ccccc21.I. The van der Waals surface area contributed by atoms with Crippen LogP contribution in [0, 0.1) is 0 Å². The van der Waals surface area contributed by atoms with Gasteiger partial charge in [0.15, 0.2) is 5.96 Å². The Morgan fingerprint density at radius 3 is 2.80 bits per heavy atom. The standard InChI is InChI=1S/C19H29N3OS.HI/c1-3-20-17(21-13-18(2)10-6-12-24-18)22-14-19(23)11-9-15-7-4-5-8-16(15)19;/h4-5,7-8,23H,3,6,9-14H2,1-2H3,(H2,20,21,22);1H. The van der Waals surface area contributed by atoms with Crippen LogP contribution in [-0.2, 0) is 12.0 Å². The predicted octanol–water partition coefficient (Wildman–Crippen LogP) is 3.28. The minimum Gasteiger partial charge on any atom is -0.383 e. The van der Waals surface area contributed by atoms with E-state index < -0.39 is 5.60 Å². The van der Waals surface area contributed by atoms with E-state index in [9.17, 15) is 5.11 Å². The molecule has 3 rings (SSSR count). The Kier molecular flexibility index (Phi) is 7.46. The molecular weight excluding hydrogens is 445 g/mol. The minimum absolute atomic E-state index is 0. The fraction of sp³-hybridized carbons (Fsp3) is 0.632. The summed E-state index contributed by atoms with van der Waals surface area (Å²) in [4.78, 5) is 4.78. The Labute approximate surface area is 172 Å². The van der Waals surface area contributed by atoms with Gasteiger partial charge in [-0.3, -0.25) is 4.99 Å². The highest BCUT2D eigenvalue weighted by Gasteiger charge is 2.36. The minimum atomic E-state index is -0.793. The number of halogens is 1. The van der Waals surface area contributed by atoms with Gasteiger partial charge in [0.05, 0.1) is 13.1 Å². The lowest BCUT2D eigenvalue weighted by Gasteiger charge is -2.26. The van der Waals surface area contributed by atoms with Gasteiger partial charge in [-0.05, 0) is 56.4 Å². The number of aliphatic imine (C=N–C) groups is 1. The number of guanidine groups is 1. The molecule has 0 radical (unpaired) electrons. The van der Waals surface area contributed by atoms with Crippen molar-refractivity contribution in [1.29, 1.82) is 0 Å². The third-order valence-corrected chi connectivity index (χ3v) is 6.61. The summed E-state index contributed by atoms with van der Waals surface area (Å²) < 4.78 is 0.263. The summed E-state index contributed by atoms with van der Waals surface area (Å²) in [7, 11) is 0. The third-order valence-electron chi connectivity index (χ3n) is 5.09. The van der Waals surface area contributed by atoms with Crippen LogP contribution in [0.5, 0.6) is 0 Å². The van der Waals surface area contributed by atoms with E-state index in [1.165, 1.54) is 24.2 Å². The lowest BCUT2D eigenvalue weighted by atomic mass is 9.96. The van der Waals surface area contributed by atoms with Crippen molar-refractivity contribution in [1.82, 2.24) is 10.6 Å². The molecule has 140 valence electrons. The maximum Gasteiger partial charge on any atom is 0.191 e. The van der Waals surface area contributed by atoms with E-state index in [1.807, 2.05) is 30.0 Å². The highest BCUT2D eigenvalue weighted by Crippen LogP contribution is 2.38. The molecule has 2 atom stereocenters. The van der Waals surface area contributed by atoms with E-state index >= 15 is 0 Å². The largest absolute Gasteiger partial charge is 0.383 e. The molecular formula is C19H30IN3OS. The molecule has 1 aliphatic carbocycles. The molecule has 0 aromatic heterocycles. The zero-order valence-electron chi connectivity index (χ0n) is 15.2. The summed E-state index contributed by atoms with van der Waals surface area (Å²) >= 11 is 2.03. The second-order valence-corrected chi connectivity index (χ2v) is 8.82. The zero-order valence-corrected chi connectivity index (χ0v) is 18.3. The van der Waals surface area contributed by atoms with Gasteiger partial charge in [-0.15, -0.1) is 24.0 Å². The first kappa shape index (κ1) is 20.8. The predicted molar refractivity (Wildman–Crippen MR) is 118 cm³/mol. The van der Waals surface area contributed by atoms with Gasteiger partial charge >= 0.3 is 0 Å². The van der Waals surface area contributed by atoms with E-state index in [1.54, 1.807) is 0 Å². The first-order chi connectivity index (χ1) is 11.5.